The van der Waals surface area contributed by atoms with Crippen molar-refractivity contribution in [1.82, 2.24) is 4.98 Å². The first kappa shape index (κ1) is 10.9. The van der Waals surface area contributed by atoms with Crippen molar-refractivity contribution in [3.63, 3.8) is 0 Å². The molecule has 0 saturated carbocycles. The molecule has 0 aliphatic rings. The summed E-state index contributed by atoms with van der Waals surface area (Å²) in [5.74, 6) is 0.880. The molecule has 2 N–H and O–H groups in total. The molecule has 1 unspecified atom stereocenters. The van der Waals surface area contributed by atoms with Crippen molar-refractivity contribution in [2.24, 2.45) is 5.73 Å². The van der Waals surface area contributed by atoms with Gasteiger partial charge in [0.05, 0.1) is 7.11 Å². The van der Waals surface area contributed by atoms with E-state index in [1.807, 2.05) is 31.3 Å². The first-order valence-corrected chi connectivity index (χ1v) is 5.38. The molecule has 3 nitrogen and oxygen atoms in total. The molecule has 0 aliphatic heterocycles. The van der Waals surface area contributed by atoms with Crippen LogP contribution >= 0.6 is 0 Å². The molecule has 0 saturated heterocycles. The summed E-state index contributed by atoms with van der Waals surface area (Å²) in [4.78, 5) is 4.39. The first-order valence-electron chi connectivity index (χ1n) is 5.38. The third-order valence-corrected chi connectivity index (χ3v) is 2.58. The molecule has 0 spiro atoms. The van der Waals surface area contributed by atoms with Crippen LogP contribution in [0.25, 0.3) is 10.8 Å². The Kier molecular flexibility index (Phi) is 3.06. The summed E-state index contributed by atoms with van der Waals surface area (Å²) >= 11 is 0. The van der Waals surface area contributed by atoms with Crippen LogP contribution in [0.2, 0.25) is 0 Å². The Balaban J connectivity index is 2.59. The minimum absolute atomic E-state index is 0.115. The fourth-order valence-electron chi connectivity index (χ4n) is 1.88. The summed E-state index contributed by atoms with van der Waals surface area (Å²) in [5.41, 5.74) is 6.85. The van der Waals surface area contributed by atoms with E-state index in [-0.39, 0.29) is 6.04 Å². The van der Waals surface area contributed by atoms with Gasteiger partial charge in [-0.2, -0.15) is 0 Å². The minimum Gasteiger partial charge on any atom is -0.496 e. The SMILES string of the molecule is COc1cccc2c(CC(C)N)nccc12. The number of benzene rings is 1. The van der Waals surface area contributed by atoms with E-state index in [9.17, 15) is 0 Å². The fraction of sp³-hybridized carbons (Fsp3) is 0.308. The van der Waals surface area contributed by atoms with E-state index in [4.69, 9.17) is 10.5 Å². The summed E-state index contributed by atoms with van der Waals surface area (Å²) in [7, 11) is 1.68. The number of rotatable bonds is 3. The molecular weight excluding hydrogens is 200 g/mol. The number of nitrogens with two attached hydrogens (primary N) is 1. The molecule has 1 aromatic carbocycles. The van der Waals surface area contributed by atoms with Crippen molar-refractivity contribution < 1.29 is 4.74 Å². The van der Waals surface area contributed by atoms with Crippen LogP contribution in [0.5, 0.6) is 5.75 Å². The van der Waals surface area contributed by atoms with E-state index in [1.54, 1.807) is 7.11 Å². The summed E-state index contributed by atoms with van der Waals surface area (Å²) in [6.07, 6.45) is 2.59. The van der Waals surface area contributed by atoms with E-state index in [0.717, 1.165) is 28.6 Å². The van der Waals surface area contributed by atoms with Gasteiger partial charge in [0.25, 0.3) is 0 Å². The predicted octanol–water partition coefficient (Wildman–Crippen LogP) is 2.13. The van der Waals surface area contributed by atoms with Crippen LogP contribution in [0, 0.1) is 0 Å². The fourth-order valence-corrected chi connectivity index (χ4v) is 1.88. The Hall–Kier alpha value is -1.61. The number of methoxy groups -OCH3 is 1. The molecule has 3 heteroatoms. The zero-order valence-electron chi connectivity index (χ0n) is 9.60. The Morgan fingerprint density at radius 1 is 1.31 bits per heavy atom. The Morgan fingerprint density at radius 2 is 2.12 bits per heavy atom. The molecule has 0 fully saturated rings. The van der Waals surface area contributed by atoms with Crippen molar-refractivity contribution in [3.05, 3.63) is 36.2 Å². The maximum atomic E-state index is 5.81. The highest BCUT2D eigenvalue weighted by atomic mass is 16.5. The second kappa shape index (κ2) is 4.49. The molecule has 0 bridgehead atoms. The summed E-state index contributed by atoms with van der Waals surface area (Å²) in [5, 5.41) is 2.22. The number of nitrogens with zero attached hydrogens (tertiary/aromatic N) is 1. The van der Waals surface area contributed by atoms with Crippen molar-refractivity contribution in [2.45, 2.75) is 19.4 Å². The van der Waals surface area contributed by atoms with Crippen LogP contribution in [0.4, 0.5) is 0 Å². The molecule has 2 aromatic rings. The number of fused-ring (bicyclic) bond motifs is 1. The van der Waals surface area contributed by atoms with Gasteiger partial charge in [-0.25, -0.2) is 0 Å². The van der Waals surface area contributed by atoms with E-state index < -0.39 is 0 Å². The normalized spacial score (nSPS) is 12.7. The van der Waals surface area contributed by atoms with Crippen molar-refractivity contribution in [1.29, 1.82) is 0 Å². The standard InChI is InChI=1S/C13H16N2O/c1-9(14)8-12-10-4-3-5-13(16-2)11(10)6-7-15-12/h3-7,9H,8,14H2,1-2H3. The average Bonchev–Trinajstić information content (AvgIpc) is 2.28. The number of ether oxygens (including phenoxy) is 1. The van der Waals surface area contributed by atoms with Crippen molar-refractivity contribution >= 4 is 10.8 Å². The number of aromatic nitrogens is 1. The van der Waals surface area contributed by atoms with E-state index >= 15 is 0 Å². The molecule has 16 heavy (non-hydrogen) atoms. The zero-order valence-corrected chi connectivity index (χ0v) is 9.60. The van der Waals surface area contributed by atoms with Gasteiger partial charge < -0.3 is 10.5 Å². The highest BCUT2D eigenvalue weighted by Gasteiger charge is 2.07. The lowest BCUT2D eigenvalue weighted by atomic mass is 10.0. The molecule has 0 aliphatic carbocycles. The van der Waals surface area contributed by atoms with Crippen molar-refractivity contribution in [3.8, 4) is 5.75 Å². The van der Waals surface area contributed by atoms with E-state index in [0.29, 0.717) is 0 Å². The first-order chi connectivity index (χ1) is 7.72. The Labute approximate surface area is 95.2 Å². The van der Waals surface area contributed by atoms with Gasteiger partial charge in [0, 0.05) is 35.1 Å². The number of pyridine rings is 1. The third kappa shape index (κ3) is 1.99. The average molecular weight is 216 g/mol. The Morgan fingerprint density at radius 3 is 2.81 bits per heavy atom. The lowest BCUT2D eigenvalue weighted by Gasteiger charge is -2.10. The minimum atomic E-state index is 0.115. The summed E-state index contributed by atoms with van der Waals surface area (Å²) < 4.78 is 5.33. The van der Waals surface area contributed by atoms with Crippen molar-refractivity contribution in [2.75, 3.05) is 7.11 Å². The molecule has 0 radical (unpaired) electrons. The predicted molar refractivity (Wildman–Crippen MR) is 65.6 cm³/mol. The van der Waals surface area contributed by atoms with Crippen LogP contribution in [0.1, 0.15) is 12.6 Å². The van der Waals surface area contributed by atoms with Gasteiger partial charge in [0.1, 0.15) is 5.75 Å². The van der Waals surface area contributed by atoms with Gasteiger partial charge >= 0.3 is 0 Å². The van der Waals surface area contributed by atoms with Crippen LogP contribution in [0.15, 0.2) is 30.5 Å². The van der Waals surface area contributed by atoms with Crippen LogP contribution < -0.4 is 10.5 Å². The number of hydrogen-bond acceptors (Lipinski definition) is 3. The van der Waals surface area contributed by atoms with Gasteiger partial charge in [0.2, 0.25) is 0 Å². The smallest absolute Gasteiger partial charge is 0.126 e. The molecular formula is C13H16N2O. The highest BCUT2D eigenvalue weighted by Crippen LogP contribution is 2.26. The molecule has 1 atom stereocenters. The summed E-state index contributed by atoms with van der Waals surface area (Å²) in [6, 6.07) is 8.08. The maximum Gasteiger partial charge on any atom is 0.126 e. The Bertz CT molecular complexity index is 494. The van der Waals surface area contributed by atoms with Gasteiger partial charge in [-0.1, -0.05) is 12.1 Å². The van der Waals surface area contributed by atoms with Crippen LogP contribution in [-0.2, 0) is 6.42 Å². The van der Waals surface area contributed by atoms with Crippen LogP contribution in [-0.4, -0.2) is 18.1 Å². The molecule has 1 aromatic heterocycles. The third-order valence-electron chi connectivity index (χ3n) is 2.58. The highest BCUT2D eigenvalue weighted by molar-refractivity contribution is 5.89. The monoisotopic (exact) mass is 216 g/mol. The second-order valence-corrected chi connectivity index (χ2v) is 3.99. The van der Waals surface area contributed by atoms with Gasteiger partial charge in [-0.15, -0.1) is 0 Å². The number of hydrogen-bond donors (Lipinski definition) is 1. The largest absolute Gasteiger partial charge is 0.496 e. The van der Waals surface area contributed by atoms with Gasteiger partial charge in [-0.05, 0) is 19.1 Å². The molecule has 2 rings (SSSR count). The van der Waals surface area contributed by atoms with E-state index in [1.165, 1.54) is 0 Å². The molecule has 84 valence electrons. The topological polar surface area (TPSA) is 48.1 Å². The lowest BCUT2D eigenvalue weighted by molar-refractivity contribution is 0.420. The molecule has 0 amide bonds. The van der Waals surface area contributed by atoms with E-state index in [2.05, 4.69) is 11.1 Å². The van der Waals surface area contributed by atoms with Gasteiger partial charge in [-0.3, -0.25) is 4.98 Å². The molecule has 1 heterocycles. The second-order valence-electron chi connectivity index (χ2n) is 3.99. The van der Waals surface area contributed by atoms with Crippen LogP contribution in [0.3, 0.4) is 0 Å². The zero-order chi connectivity index (χ0) is 11.5. The maximum absolute atomic E-state index is 5.81. The van der Waals surface area contributed by atoms with Gasteiger partial charge in [0.15, 0.2) is 0 Å². The lowest BCUT2D eigenvalue weighted by Crippen LogP contribution is -2.18. The summed E-state index contributed by atoms with van der Waals surface area (Å²) in [6.45, 7) is 1.99. The quantitative estimate of drug-likeness (QED) is 0.855.